The lowest BCUT2D eigenvalue weighted by molar-refractivity contribution is 0.101. The largest absolute Gasteiger partial charge is 0.496 e. The molecule has 1 aliphatic rings. The third-order valence-corrected chi connectivity index (χ3v) is 4.55. The molecule has 0 spiro atoms. The monoisotopic (exact) mass is 384 g/mol. The van der Waals surface area contributed by atoms with Crippen LogP contribution in [0.3, 0.4) is 0 Å². The fourth-order valence-corrected chi connectivity index (χ4v) is 3.06. The molecule has 144 valence electrons. The molecule has 0 saturated carbocycles. The first-order chi connectivity index (χ1) is 14.2. The Morgan fingerprint density at radius 3 is 2.59 bits per heavy atom. The Morgan fingerprint density at radius 2 is 1.76 bits per heavy atom. The van der Waals surface area contributed by atoms with Gasteiger partial charge in [0.15, 0.2) is 5.76 Å². The summed E-state index contributed by atoms with van der Waals surface area (Å²) in [7, 11) is 1.63. The van der Waals surface area contributed by atoms with Gasteiger partial charge in [0.05, 0.1) is 12.7 Å². The minimum absolute atomic E-state index is 0.140. The van der Waals surface area contributed by atoms with E-state index in [9.17, 15) is 4.79 Å². The molecule has 0 fully saturated rings. The van der Waals surface area contributed by atoms with Crippen molar-refractivity contribution in [3.8, 4) is 17.2 Å². The number of rotatable bonds is 6. The molecule has 0 amide bonds. The second-order valence-corrected chi connectivity index (χ2v) is 6.50. The summed E-state index contributed by atoms with van der Waals surface area (Å²) in [4.78, 5) is 12.6. The summed E-state index contributed by atoms with van der Waals surface area (Å²) in [5.41, 5.74) is 2.53. The van der Waals surface area contributed by atoms with Gasteiger partial charge in [-0.15, -0.1) is 0 Å². The summed E-state index contributed by atoms with van der Waals surface area (Å²) < 4.78 is 16.9. The molecule has 0 radical (unpaired) electrons. The maximum Gasteiger partial charge on any atom is 0.231 e. The number of carbonyl (C=O) groups excluding carboxylic acids is 1. The van der Waals surface area contributed by atoms with Crippen LogP contribution in [-0.2, 0) is 6.61 Å². The second kappa shape index (κ2) is 8.48. The SMILES string of the molecule is COc1ccccc1/C=C/C=C1\Oc2cc(OCc3ccccc3)ccc2C1=O. The molecular weight excluding hydrogens is 364 g/mol. The van der Waals surface area contributed by atoms with Crippen molar-refractivity contribution in [1.82, 2.24) is 0 Å². The lowest BCUT2D eigenvalue weighted by Gasteiger charge is -2.07. The van der Waals surface area contributed by atoms with Crippen molar-refractivity contribution in [2.24, 2.45) is 0 Å². The Hall–Kier alpha value is -3.79. The highest BCUT2D eigenvalue weighted by molar-refractivity contribution is 6.12. The van der Waals surface area contributed by atoms with Crippen LogP contribution in [0.4, 0.5) is 0 Å². The zero-order valence-electron chi connectivity index (χ0n) is 16.0. The number of hydrogen-bond donors (Lipinski definition) is 0. The Morgan fingerprint density at radius 1 is 0.966 bits per heavy atom. The normalized spacial score (nSPS) is 14.1. The van der Waals surface area contributed by atoms with Crippen molar-refractivity contribution < 1.29 is 19.0 Å². The fraction of sp³-hybridized carbons (Fsp3) is 0.0800. The van der Waals surface area contributed by atoms with Crippen molar-refractivity contribution in [3.63, 3.8) is 0 Å². The Balaban J connectivity index is 1.46. The molecule has 0 unspecified atom stereocenters. The first-order valence-electron chi connectivity index (χ1n) is 9.29. The predicted octanol–water partition coefficient (Wildman–Crippen LogP) is 5.45. The molecule has 0 bridgehead atoms. The highest BCUT2D eigenvalue weighted by atomic mass is 16.5. The third-order valence-electron chi connectivity index (χ3n) is 4.55. The van der Waals surface area contributed by atoms with Crippen LogP contribution < -0.4 is 14.2 Å². The third kappa shape index (κ3) is 4.22. The van der Waals surface area contributed by atoms with Gasteiger partial charge in [0.25, 0.3) is 0 Å². The van der Waals surface area contributed by atoms with Gasteiger partial charge in [-0.25, -0.2) is 0 Å². The zero-order valence-corrected chi connectivity index (χ0v) is 16.0. The summed E-state index contributed by atoms with van der Waals surface area (Å²) in [6.07, 6.45) is 5.32. The number of Topliss-reactive ketones (excluding diaryl/α,β-unsaturated/α-hetero) is 1. The van der Waals surface area contributed by atoms with Gasteiger partial charge in [0, 0.05) is 11.6 Å². The molecule has 4 nitrogen and oxygen atoms in total. The van der Waals surface area contributed by atoms with E-state index in [2.05, 4.69) is 0 Å². The van der Waals surface area contributed by atoms with E-state index < -0.39 is 0 Å². The van der Waals surface area contributed by atoms with Crippen LogP contribution in [0, 0.1) is 0 Å². The van der Waals surface area contributed by atoms with Crippen molar-refractivity contribution in [2.75, 3.05) is 7.11 Å². The quantitative estimate of drug-likeness (QED) is 0.531. The van der Waals surface area contributed by atoms with Crippen molar-refractivity contribution in [3.05, 3.63) is 107 Å². The van der Waals surface area contributed by atoms with Crippen LogP contribution in [-0.4, -0.2) is 12.9 Å². The lowest BCUT2D eigenvalue weighted by Crippen LogP contribution is -1.97. The van der Waals surface area contributed by atoms with E-state index in [1.54, 1.807) is 37.5 Å². The number of para-hydroxylation sites is 1. The van der Waals surface area contributed by atoms with E-state index in [-0.39, 0.29) is 11.5 Å². The highest BCUT2D eigenvalue weighted by Crippen LogP contribution is 2.34. The molecule has 0 atom stereocenters. The fourth-order valence-electron chi connectivity index (χ4n) is 3.06. The number of methoxy groups -OCH3 is 1. The molecule has 4 rings (SSSR count). The number of fused-ring (bicyclic) bond motifs is 1. The molecule has 0 saturated heterocycles. The van der Waals surface area contributed by atoms with E-state index in [1.165, 1.54) is 0 Å². The van der Waals surface area contributed by atoms with Crippen LogP contribution in [0.5, 0.6) is 17.2 Å². The van der Waals surface area contributed by atoms with E-state index in [0.717, 1.165) is 16.9 Å². The van der Waals surface area contributed by atoms with Crippen molar-refractivity contribution in [1.29, 1.82) is 0 Å². The van der Waals surface area contributed by atoms with Gasteiger partial charge in [-0.1, -0.05) is 60.7 Å². The van der Waals surface area contributed by atoms with Crippen LogP contribution in [0.25, 0.3) is 6.08 Å². The zero-order chi connectivity index (χ0) is 20.1. The van der Waals surface area contributed by atoms with Gasteiger partial charge in [-0.3, -0.25) is 4.79 Å². The maximum absolute atomic E-state index is 12.6. The average Bonchev–Trinajstić information content (AvgIpc) is 3.08. The molecule has 3 aromatic carbocycles. The molecule has 29 heavy (non-hydrogen) atoms. The van der Waals surface area contributed by atoms with Crippen LogP contribution >= 0.6 is 0 Å². The molecule has 1 aliphatic heterocycles. The number of benzene rings is 3. The second-order valence-electron chi connectivity index (χ2n) is 6.50. The molecule has 0 aliphatic carbocycles. The molecule has 1 heterocycles. The summed E-state index contributed by atoms with van der Waals surface area (Å²) >= 11 is 0. The molecule has 4 heteroatoms. The van der Waals surface area contributed by atoms with Crippen LogP contribution in [0.2, 0.25) is 0 Å². The minimum atomic E-state index is -0.140. The molecule has 3 aromatic rings. The lowest BCUT2D eigenvalue weighted by atomic mass is 10.1. The minimum Gasteiger partial charge on any atom is -0.496 e. The van der Waals surface area contributed by atoms with Crippen LogP contribution in [0.1, 0.15) is 21.5 Å². The Kier molecular flexibility index (Phi) is 5.43. The van der Waals surface area contributed by atoms with Gasteiger partial charge in [-0.05, 0) is 29.8 Å². The van der Waals surface area contributed by atoms with E-state index in [0.29, 0.717) is 23.7 Å². The van der Waals surface area contributed by atoms with Crippen molar-refractivity contribution in [2.45, 2.75) is 6.61 Å². The maximum atomic E-state index is 12.6. The van der Waals surface area contributed by atoms with E-state index in [1.807, 2.05) is 60.7 Å². The molecule has 0 aromatic heterocycles. The topological polar surface area (TPSA) is 44.8 Å². The standard InChI is InChI=1S/C25H20O4/c1-27-22-12-6-5-10-19(22)11-7-13-23-25(26)21-15-14-20(16-24(21)29-23)28-17-18-8-3-2-4-9-18/h2-16H,17H2,1H3/b11-7+,23-13-. The van der Waals surface area contributed by atoms with Gasteiger partial charge >= 0.3 is 0 Å². The van der Waals surface area contributed by atoms with Crippen LogP contribution in [0.15, 0.2) is 90.7 Å². The number of ether oxygens (including phenoxy) is 3. The first kappa shape index (κ1) is 18.6. The van der Waals surface area contributed by atoms with Gasteiger partial charge < -0.3 is 14.2 Å². The van der Waals surface area contributed by atoms with E-state index >= 15 is 0 Å². The number of ketones is 1. The van der Waals surface area contributed by atoms with Gasteiger partial charge in [-0.2, -0.15) is 0 Å². The number of carbonyl (C=O) groups is 1. The summed E-state index contributed by atoms with van der Waals surface area (Å²) in [6, 6.07) is 22.9. The summed E-state index contributed by atoms with van der Waals surface area (Å²) in [5, 5.41) is 0. The summed E-state index contributed by atoms with van der Waals surface area (Å²) in [5.74, 6) is 2.08. The highest BCUT2D eigenvalue weighted by Gasteiger charge is 2.27. The smallest absolute Gasteiger partial charge is 0.231 e. The molecule has 0 N–H and O–H groups in total. The molecular formula is C25H20O4. The number of hydrogen-bond acceptors (Lipinski definition) is 4. The summed E-state index contributed by atoms with van der Waals surface area (Å²) in [6.45, 7) is 0.456. The predicted molar refractivity (Wildman–Crippen MR) is 112 cm³/mol. The van der Waals surface area contributed by atoms with Gasteiger partial charge in [0.2, 0.25) is 5.78 Å². The Bertz CT molecular complexity index is 1080. The van der Waals surface area contributed by atoms with E-state index in [4.69, 9.17) is 14.2 Å². The van der Waals surface area contributed by atoms with Gasteiger partial charge in [0.1, 0.15) is 23.9 Å². The van der Waals surface area contributed by atoms with Crippen molar-refractivity contribution >= 4 is 11.9 Å². The number of allylic oxidation sites excluding steroid dienone is 3. The average molecular weight is 384 g/mol. The Labute approximate surface area is 169 Å². The first-order valence-corrected chi connectivity index (χ1v) is 9.29.